The van der Waals surface area contributed by atoms with Crippen molar-refractivity contribution in [3.05, 3.63) is 36.4 Å². The first-order valence-electron chi connectivity index (χ1n) is 11.6. The lowest BCUT2D eigenvalue weighted by molar-refractivity contribution is 0.288. The Kier molecular flexibility index (Phi) is 6.50. The van der Waals surface area contributed by atoms with Crippen molar-refractivity contribution < 1.29 is 27.8 Å². The predicted octanol–water partition coefficient (Wildman–Crippen LogP) is 6.96. The van der Waals surface area contributed by atoms with E-state index in [2.05, 4.69) is 9.97 Å². The van der Waals surface area contributed by atoms with Crippen LogP contribution >= 0.6 is 11.3 Å². The number of hydrogen-bond acceptors (Lipinski definition) is 9. The van der Waals surface area contributed by atoms with Gasteiger partial charge in [-0.15, -0.1) is 11.3 Å². The van der Waals surface area contributed by atoms with Gasteiger partial charge >= 0.3 is 0 Å². The topological polar surface area (TPSA) is 89.0 Å². The Morgan fingerprint density at radius 3 is 1.34 bits per heavy atom. The SMILES string of the molecule is CCOc1cc2nc(-c3ccc(-c4nc5cc(OCC)c(OCC)cc5o4)s3)oc2cc1OCC. The van der Waals surface area contributed by atoms with E-state index in [1.807, 2.05) is 64.1 Å². The molecule has 0 saturated heterocycles. The molecule has 0 aliphatic rings. The molecule has 5 aromatic rings. The zero-order valence-electron chi connectivity index (χ0n) is 20.0. The number of aromatic nitrogens is 2. The summed E-state index contributed by atoms with van der Waals surface area (Å²) in [6.45, 7) is 9.86. The number of benzene rings is 2. The van der Waals surface area contributed by atoms with Crippen molar-refractivity contribution in [2.45, 2.75) is 27.7 Å². The first-order valence-corrected chi connectivity index (χ1v) is 12.5. The van der Waals surface area contributed by atoms with Crippen LogP contribution in [0, 0.1) is 0 Å². The van der Waals surface area contributed by atoms with Crippen LogP contribution in [-0.2, 0) is 0 Å². The fourth-order valence-corrected chi connectivity index (χ4v) is 4.58. The Hall–Kier alpha value is -3.72. The number of ether oxygens (including phenoxy) is 4. The van der Waals surface area contributed by atoms with Crippen molar-refractivity contribution in [1.82, 2.24) is 9.97 Å². The standard InChI is InChI=1S/C26H26N2O6S/c1-5-29-19-11-15-17(13-21(19)31-7-3)33-25(27-15)23-9-10-24(35-23)26-28-16-12-20(30-6-2)22(32-8-4)14-18(16)34-26/h9-14H,5-8H2,1-4H3. The summed E-state index contributed by atoms with van der Waals surface area (Å²) in [6.07, 6.45) is 0. The minimum absolute atomic E-state index is 0.515. The van der Waals surface area contributed by atoms with Gasteiger partial charge in [-0.25, -0.2) is 9.97 Å². The highest BCUT2D eigenvalue weighted by Crippen LogP contribution is 2.40. The number of rotatable bonds is 10. The summed E-state index contributed by atoms with van der Waals surface area (Å²) in [7, 11) is 0. The molecule has 5 rings (SSSR count). The van der Waals surface area contributed by atoms with Crippen LogP contribution < -0.4 is 18.9 Å². The van der Waals surface area contributed by atoms with Gasteiger partial charge in [0.1, 0.15) is 11.0 Å². The zero-order chi connectivity index (χ0) is 24.4. The Morgan fingerprint density at radius 2 is 0.971 bits per heavy atom. The Morgan fingerprint density at radius 1 is 0.600 bits per heavy atom. The van der Waals surface area contributed by atoms with Crippen LogP contribution in [0.1, 0.15) is 27.7 Å². The van der Waals surface area contributed by atoms with Gasteiger partial charge in [-0.3, -0.25) is 0 Å². The van der Waals surface area contributed by atoms with Crippen LogP contribution in [-0.4, -0.2) is 36.4 Å². The van der Waals surface area contributed by atoms with Crippen molar-refractivity contribution in [2.75, 3.05) is 26.4 Å². The maximum atomic E-state index is 6.05. The van der Waals surface area contributed by atoms with E-state index in [9.17, 15) is 0 Å². The normalized spacial score (nSPS) is 11.3. The van der Waals surface area contributed by atoms with E-state index in [0.717, 1.165) is 9.75 Å². The van der Waals surface area contributed by atoms with Crippen molar-refractivity contribution in [3.63, 3.8) is 0 Å². The van der Waals surface area contributed by atoms with Crippen molar-refractivity contribution in [1.29, 1.82) is 0 Å². The van der Waals surface area contributed by atoms with Crippen molar-refractivity contribution in [2.24, 2.45) is 0 Å². The molecule has 0 saturated carbocycles. The van der Waals surface area contributed by atoms with Crippen LogP contribution in [0.25, 0.3) is 43.7 Å². The summed E-state index contributed by atoms with van der Waals surface area (Å²) in [4.78, 5) is 11.1. The minimum atomic E-state index is 0.515. The fraction of sp³-hybridized carbons (Fsp3) is 0.308. The summed E-state index contributed by atoms with van der Waals surface area (Å²) in [5, 5.41) is 0. The van der Waals surface area contributed by atoms with Gasteiger partial charge < -0.3 is 27.8 Å². The van der Waals surface area contributed by atoms with Crippen LogP contribution in [0.2, 0.25) is 0 Å². The highest BCUT2D eigenvalue weighted by atomic mass is 32.1. The third-order valence-electron chi connectivity index (χ3n) is 5.13. The molecule has 2 aromatic carbocycles. The van der Waals surface area contributed by atoms with Gasteiger partial charge in [-0.05, 0) is 39.8 Å². The van der Waals surface area contributed by atoms with Crippen LogP contribution in [0.5, 0.6) is 23.0 Å². The maximum Gasteiger partial charge on any atom is 0.237 e. The Labute approximate surface area is 206 Å². The lowest BCUT2D eigenvalue weighted by Crippen LogP contribution is -1.98. The molecular formula is C26H26N2O6S. The average Bonchev–Trinajstić information content (AvgIpc) is 3.57. The smallest absolute Gasteiger partial charge is 0.237 e. The monoisotopic (exact) mass is 494 g/mol. The number of hydrogen-bond donors (Lipinski definition) is 0. The highest BCUT2D eigenvalue weighted by molar-refractivity contribution is 7.18. The summed E-state index contributed by atoms with van der Waals surface area (Å²) in [5.41, 5.74) is 2.68. The van der Waals surface area contributed by atoms with E-state index in [4.69, 9.17) is 27.8 Å². The largest absolute Gasteiger partial charge is 0.490 e. The molecule has 0 N–H and O–H groups in total. The second kappa shape index (κ2) is 9.87. The molecule has 0 atom stereocenters. The molecule has 0 radical (unpaired) electrons. The second-order valence-corrected chi connectivity index (χ2v) is 8.55. The van der Waals surface area contributed by atoms with Gasteiger partial charge in [-0.1, -0.05) is 0 Å². The number of thiophene rings is 1. The van der Waals surface area contributed by atoms with E-state index in [0.29, 0.717) is 83.4 Å². The molecule has 0 fully saturated rings. The van der Waals surface area contributed by atoms with E-state index in [1.165, 1.54) is 11.3 Å². The van der Waals surface area contributed by atoms with Gasteiger partial charge in [0.15, 0.2) is 34.2 Å². The van der Waals surface area contributed by atoms with Crippen molar-refractivity contribution in [3.8, 4) is 44.5 Å². The van der Waals surface area contributed by atoms with Crippen LogP contribution in [0.4, 0.5) is 0 Å². The molecule has 9 heteroatoms. The molecule has 3 heterocycles. The van der Waals surface area contributed by atoms with Crippen LogP contribution in [0.3, 0.4) is 0 Å². The van der Waals surface area contributed by atoms with E-state index >= 15 is 0 Å². The first kappa shape index (κ1) is 23.0. The number of fused-ring (bicyclic) bond motifs is 2. The molecule has 182 valence electrons. The molecule has 8 nitrogen and oxygen atoms in total. The fourth-order valence-electron chi connectivity index (χ4n) is 3.72. The second-order valence-electron chi connectivity index (χ2n) is 7.47. The molecule has 0 unspecified atom stereocenters. The van der Waals surface area contributed by atoms with E-state index < -0.39 is 0 Å². The molecule has 35 heavy (non-hydrogen) atoms. The predicted molar refractivity (Wildman–Crippen MR) is 135 cm³/mol. The van der Waals surface area contributed by atoms with E-state index in [-0.39, 0.29) is 0 Å². The number of oxazole rings is 2. The average molecular weight is 495 g/mol. The maximum absolute atomic E-state index is 6.05. The summed E-state index contributed by atoms with van der Waals surface area (Å²) < 4.78 is 34.9. The summed E-state index contributed by atoms with van der Waals surface area (Å²) in [6, 6.07) is 11.2. The van der Waals surface area contributed by atoms with Gasteiger partial charge in [0.2, 0.25) is 11.8 Å². The lowest BCUT2D eigenvalue weighted by atomic mass is 10.3. The minimum Gasteiger partial charge on any atom is -0.490 e. The van der Waals surface area contributed by atoms with Gasteiger partial charge in [0.25, 0.3) is 0 Å². The highest BCUT2D eigenvalue weighted by Gasteiger charge is 2.19. The Bertz CT molecular complexity index is 1270. The molecule has 0 spiro atoms. The molecule has 3 aromatic heterocycles. The van der Waals surface area contributed by atoms with Crippen LogP contribution in [0.15, 0.2) is 45.2 Å². The molecular weight excluding hydrogens is 468 g/mol. The third kappa shape index (κ3) is 4.51. The van der Waals surface area contributed by atoms with Crippen molar-refractivity contribution >= 4 is 33.5 Å². The molecule has 0 bridgehead atoms. The number of nitrogens with zero attached hydrogens (tertiary/aromatic N) is 2. The quantitative estimate of drug-likeness (QED) is 0.206. The summed E-state index contributed by atoms with van der Waals surface area (Å²) in [5.74, 6) is 3.61. The zero-order valence-corrected chi connectivity index (χ0v) is 20.9. The van der Waals surface area contributed by atoms with E-state index in [1.54, 1.807) is 0 Å². The first-order chi connectivity index (χ1) is 17.1. The van der Waals surface area contributed by atoms with Gasteiger partial charge in [0.05, 0.1) is 36.2 Å². The van der Waals surface area contributed by atoms with Gasteiger partial charge in [0, 0.05) is 24.3 Å². The lowest BCUT2D eigenvalue weighted by Gasteiger charge is -2.09. The molecule has 0 amide bonds. The summed E-state index contributed by atoms with van der Waals surface area (Å²) >= 11 is 1.49. The Balaban J connectivity index is 1.48. The van der Waals surface area contributed by atoms with Gasteiger partial charge in [-0.2, -0.15) is 0 Å². The third-order valence-corrected chi connectivity index (χ3v) is 6.20. The molecule has 0 aliphatic carbocycles. The molecule has 0 aliphatic heterocycles.